The van der Waals surface area contributed by atoms with E-state index in [0.29, 0.717) is 26.3 Å². The van der Waals surface area contributed by atoms with Gasteiger partial charge in [-0.15, -0.1) is 0 Å². The van der Waals surface area contributed by atoms with E-state index >= 15 is 0 Å². The minimum absolute atomic E-state index is 0.419. The highest BCUT2D eigenvalue weighted by molar-refractivity contribution is 7.92. The predicted molar refractivity (Wildman–Crippen MR) is 84.3 cm³/mol. The van der Waals surface area contributed by atoms with Gasteiger partial charge in [0.25, 0.3) is 0 Å². The topological polar surface area (TPSA) is 46.6 Å². The number of fused-ring (bicyclic) bond motifs is 1. The summed E-state index contributed by atoms with van der Waals surface area (Å²) in [5.41, 5.74) is 0.907. The van der Waals surface area contributed by atoms with E-state index in [-0.39, 0.29) is 0 Å². The van der Waals surface area contributed by atoms with E-state index in [9.17, 15) is 8.42 Å². The number of rotatable bonds is 3. The van der Waals surface area contributed by atoms with Crippen LogP contribution in [0.1, 0.15) is 5.56 Å². The van der Waals surface area contributed by atoms with Gasteiger partial charge in [0.1, 0.15) is 0 Å². The molecule has 0 unspecified atom stereocenters. The Morgan fingerprint density at radius 3 is 2.52 bits per heavy atom. The second-order valence-electron chi connectivity index (χ2n) is 4.93. The minimum atomic E-state index is -3.38. The highest BCUT2D eigenvalue weighted by Crippen LogP contribution is 2.20. The first-order valence-corrected chi connectivity index (χ1v) is 8.41. The molecule has 0 saturated carbocycles. The van der Waals surface area contributed by atoms with Crippen molar-refractivity contribution in [1.29, 1.82) is 0 Å². The largest absolute Gasteiger partial charge is 0.379 e. The van der Waals surface area contributed by atoms with Gasteiger partial charge in [0.05, 0.1) is 13.2 Å². The van der Waals surface area contributed by atoms with Crippen LogP contribution >= 0.6 is 0 Å². The standard InChI is InChI=1S/C16H17NO3S/c18-21(19,17-9-11-20-12-10-17)13-8-15-6-3-5-14-4-1-2-7-16(14)15/h1-8,13H,9-12H2/b13-8+. The first-order chi connectivity index (χ1) is 10.2. The summed E-state index contributed by atoms with van der Waals surface area (Å²) in [5, 5.41) is 3.44. The Kier molecular flexibility index (Phi) is 4.05. The SMILES string of the molecule is O=S(=O)(/C=C/c1cccc2ccccc12)N1CCOCC1. The third kappa shape index (κ3) is 3.15. The second kappa shape index (κ2) is 5.97. The van der Waals surface area contributed by atoms with Crippen molar-refractivity contribution in [2.24, 2.45) is 0 Å². The van der Waals surface area contributed by atoms with Crippen molar-refractivity contribution in [1.82, 2.24) is 4.31 Å². The van der Waals surface area contributed by atoms with Crippen LogP contribution in [0.15, 0.2) is 47.9 Å². The molecule has 0 aliphatic carbocycles. The summed E-state index contributed by atoms with van der Waals surface area (Å²) in [6.45, 7) is 1.76. The summed E-state index contributed by atoms with van der Waals surface area (Å²) in [6.07, 6.45) is 1.67. The maximum absolute atomic E-state index is 12.3. The van der Waals surface area contributed by atoms with Gasteiger partial charge in [0.15, 0.2) is 0 Å². The number of hydrogen-bond acceptors (Lipinski definition) is 3. The Balaban J connectivity index is 1.90. The molecule has 1 aliphatic heterocycles. The van der Waals surface area contributed by atoms with Crippen LogP contribution in [0.5, 0.6) is 0 Å². The lowest BCUT2D eigenvalue weighted by molar-refractivity contribution is 0.0736. The third-order valence-electron chi connectivity index (χ3n) is 3.57. The zero-order valence-corrected chi connectivity index (χ0v) is 12.4. The minimum Gasteiger partial charge on any atom is -0.379 e. The van der Waals surface area contributed by atoms with Gasteiger partial charge in [-0.25, -0.2) is 8.42 Å². The Bertz CT molecular complexity index is 757. The van der Waals surface area contributed by atoms with Gasteiger partial charge in [0.2, 0.25) is 10.0 Å². The van der Waals surface area contributed by atoms with Crippen molar-refractivity contribution in [3.63, 3.8) is 0 Å². The summed E-state index contributed by atoms with van der Waals surface area (Å²) in [6, 6.07) is 13.8. The van der Waals surface area contributed by atoms with Crippen LogP contribution in [0, 0.1) is 0 Å². The highest BCUT2D eigenvalue weighted by atomic mass is 32.2. The lowest BCUT2D eigenvalue weighted by atomic mass is 10.1. The number of nitrogens with zero attached hydrogens (tertiary/aromatic N) is 1. The van der Waals surface area contributed by atoms with Crippen LogP contribution in [0.4, 0.5) is 0 Å². The highest BCUT2D eigenvalue weighted by Gasteiger charge is 2.21. The zero-order chi connectivity index (χ0) is 14.7. The van der Waals surface area contributed by atoms with Crippen molar-refractivity contribution in [3.05, 3.63) is 53.4 Å². The molecule has 1 heterocycles. The van der Waals surface area contributed by atoms with E-state index in [1.165, 1.54) is 9.71 Å². The molecule has 2 aromatic rings. The maximum Gasteiger partial charge on any atom is 0.236 e. The van der Waals surface area contributed by atoms with Gasteiger partial charge in [-0.3, -0.25) is 0 Å². The fourth-order valence-corrected chi connectivity index (χ4v) is 3.59. The summed E-state index contributed by atoms with van der Waals surface area (Å²) < 4.78 is 31.2. The normalized spacial score (nSPS) is 17.5. The predicted octanol–water partition coefficient (Wildman–Crippen LogP) is 2.47. The molecular formula is C16H17NO3S. The number of ether oxygens (including phenoxy) is 1. The van der Waals surface area contributed by atoms with Gasteiger partial charge in [0, 0.05) is 18.5 Å². The molecular weight excluding hydrogens is 286 g/mol. The van der Waals surface area contributed by atoms with Crippen LogP contribution in [-0.4, -0.2) is 39.0 Å². The molecule has 21 heavy (non-hydrogen) atoms. The average molecular weight is 303 g/mol. The fourth-order valence-electron chi connectivity index (χ4n) is 2.44. The number of benzene rings is 2. The van der Waals surface area contributed by atoms with E-state index in [1.807, 2.05) is 42.5 Å². The van der Waals surface area contributed by atoms with E-state index in [1.54, 1.807) is 6.08 Å². The van der Waals surface area contributed by atoms with Crippen molar-refractivity contribution < 1.29 is 13.2 Å². The molecule has 4 nitrogen and oxygen atoms in total. The summed E-state index contributed by atoms with van der Waals surface area (Å²) >= 11 is 0. The van der Waals surface area contributed by atoms with Gasteiger partial charge < -0.3 is 4.74 Å². The Hall–Kier alpha value is -1.69. The summed E-state index contributed by atoms with van der Waals surface area (Å²) in [5.74, 6) is 0. The molecule has 0 spiro atoms. The smallest absolute Gasteiger partial charge is 0.236 e. The monoisotopic (exact) mass is 303 g/mol. The lowest BCUT2D eigenvalue weighted by Gasteiger charge is -2.24. The molecule has 0 radical (unpaired) electrons. The van der Waals surface area contributed by atoms with Crippen molar-refractivity contribution in [3.8, 4) is 0 Å². The molecule has 3 rings (SSSR count). The molecule has 0 amide bonds. The molecule has 1 saturated heterocycles. The van der Waals surface area contributed by atoms with E-state index in [2.05, 4.69) is 0 Å². The Labute approximate surface area is 124 Å². The molecule has 0 bridgehead atoms. The van der Waals surface area contributed by atoms with Crippen LogP contribution in [0.25, 0.3) is 16.8 Å². The average Bonchev–Trinajstić information content (AvgIpc) is 2.54. The van der Waals surface area contributed by atoms with Crippen LogP contribution in [0.3, 0.4) is 0 Å². The van der Waals surface area contributed by atoms with Crippen molar-refractivity contribution in [2.75, 3.05) is 26.3 Å². The first-order valence-electron chi connectivity index (χ1n) is 6.90. The van der Waals surface area contributed by atoms with Gasteiger partial charge in [-0.1, -0.05) is 42.5 Å². The molecule has 0 aromatic heterocycles. The Morgan fingerprint density at radius 1 is 1.00 bits per heavy atom. The van der Waals surface area contributed by atoms with Crippen molar-refractivity contribution >= 4 is 26.9 Å². The third-order valence-corrected chi connectivity index (χ3v) is 5.14. The molecule has 1 aliphatic rings. The van der Waals surface area contributed by atoms with E-state index in [4.69, 9.17) is 4.74 Å². The second-order valence-corrected chi connectivity index (χ2v) is 6.75. The number of sulfonamides is 1. The molecule has 1 fully saturated rings. The molecule has 110 valence electrons. The van der Waals surface area contributed by atoms with Crippen LogP contribution < -0.4 is 0 Å². The van der Waals surface area contributed by atoms with Gasteiger partial charge in [-0.05, 0) is 22.4 Å². The first kappa shape index (κ1) is 14.3. The fraction of sp³-hybridized carbons (Fsp3) is 0.250. The van der Waals surface area contributed by atoms with Crippen LogP contribution in [0.2, 0.25) is 0 Å². The molecule has 0 atom stereocenters. The van der Waals surface area contributed by atoms with Crippen LogP contribution in [-0.2, 0) is 14.8 Å². The summed E-state index contributed by atoms with van der Waals surface area (Å²) in [7, 11) is -3.38. The van der Waals surface area contributed by atoms with E-state index in [0.717, 1.165) is 16.3 Å². The molecule has 2 aromatic carbocycles. The van der Waals surface area contributed by atoms with Crippen molar-refractivity contribution in [2.45, 2.75) is 0 Å². The lowest BCUT2D eigenvalue weighted by Crippen LogP contribution is -2.39. The van der Waals surface area contributed by atoms with Gasteiger partial charge >= 0.3 is 0 Å². The van der Waals surface area contributed by atoms with Gasteiger partial charge in [-0.2, -0.15) is 4.31 Å². The number of hydrogen-bond donors (Lipinski definition) is 0. The molecule has 5 heteroatoms. The zero-order valence-electron chi connectivity index (χ0n) is 11.6. The summed E-state index contributed by atoms with van der Waals surface area (Å²) in [4.78, 5) is 0. The maximum atomic E-state index is 12.3. The Morgan fingerprint density at radius 2 is 1.71 bits per heavy atom. The van der Waals surface area contributed by atoms with E-state index < -0.39 is 10.0 Å². The number of morpholine rings is 1. The molecule has 0 N–H and O–H groups in total. The quantitative estimate of drug-likeness (QED) is 0.875.